The molecule has 0 spiro atoms. The van der Waals surface area contributed by atoms with Gasteiger partial charge >= 0.3 is 0 Å². The highest BCUT2D eigenvalue weighted by molar-refractivity contribution is 9.10. The standard InChI is InChI=1S/C11H14BrN5/c1-3-17-10(11(12)9(2)15-17)8-16(6-4-13)7-5-14/h3,6-8H2,1-2H3. The Morgan fingerprint density at radius 2 is 1.94 bits per heavy atom. The van der Waals surface area contributed by atoms with Gasteiger partial charge in [0.05, 0.1) is 41.1 Å². The topological polar surface area (TPSA) is 68.6 Å². The van der Waals surface area contributed by atoms with Gasteiger partial charge in [-0.2, -0.15) is 15.6 Å². The van der Waals surface area contributed by atoms with Crippen LogP contribution in [0.2, 0.25) is 0 Å². The predicted molar refractivity (Wildman–Crippen MR) is 66.8 cm³/mol. The maximum Gasteiger partial charge on any atom is 0.0877 e. The van der Waals surface area contributed by atoms with Gasteiger partial charge < -0.3 is 0 Å². The minimum atomic E-state index is 0.244. The normalized spacial score (nSPS) is 10.2. The van der Waals surface area contributed by atoms with Gasteiger partial charge in [0, 0.05) is 13.1 Å². The lowest BCUT2D eigenvalue weighted by Crippen LogP contribution is -2.25. The quantitative estimate of drug-likeness (QED) is 0.777. The zero-order chi connectivity index (χ0) is 12.8. The van der Waals surface area contributed by atoms with Crippen LogP contribution in [0.25, 0.3) is 0 Å². The number of aromatic nitrogens is 2. The number of hydrogen-bond acceptors (Lipinski definition) is 4. The van der Waals surface area contributed by atoms with E-state index in [0.717, 1.165) is 22.4 Å². The lowest BCUT2D eigenvalue weighted by Gasteiger charge is -2.16. The van der Waals surface area contributed by atoms with Crippen LogP contribution in [0, 0.1) is 29.6 Å². The van der Waals surface area contributed by atoms with Crippen LogP contribution in [-0.2, 0) is 13.1 Å². The van der Waals surface area contributed by atoms with Gasteiger partial charge in [-0.1, -0.05) is 0 Å². The average molecular weight is 296 g/mol. The highest BCUT2D eigenvalue weighted by Crippen LogP contribution is 2.22. The molecule has 0 unspecified atom stereocenters. The van der Waals surface area contributed by atoms with Gasteiger partial charge in [-0.15, -0.1) is 0 Å². The molecule has 5 nitrogen and oxygen atoms in total. The van der Waals surface area contributed by atoms with E-state index >= 15 is 0 Å². The summed E-state index contributed by atoms with van der Waals surface area (Å²) in [6.07, 6.45) is 0. The summed E-state index contributed by atoms with van der Waals surface area (Å²) in [7, 11) is 0. The molecule has 0 saturated heterocycles. The molecule has 17 heavy (non-hydrogen) atoms. The Balaban J connectivity index is 2.93. The van der Waals surface area contributed by atoms with Crippen LogP contribution in [0.1, 0.15) is 18.3 Å². The zero-order valence-electron chi connectivity index (χ0n) is 9.94. The predicted octanol–water partition coefficient (Wildman–Crippen LogP) is 1.82. The summed E-state index contributed by atoms with van der Waals surface area (Å²) in [5.74, 6) is 0. The lowest BCUT2D eigenvalue weighted by molar-refractivity contribution is 0.321. The first-order valence-electron chi connectivity index (χ1n) is 5.32. The molecule has 0 aliphatic heterocycles. The summed E-state index contributed by atoms with van der Waals surface area (Å²) >= 11 is 3.50. The van der Waals surface area contributed by atoms with Crippen molar-refractivity contribution in [3.8, 4) is 12.1 Å². The molecule has 0 fully saturated rings. The van der Waals surface area contributed by atoms with Gasteiger partial charge in [-0.05, 0) is 29.8 Å². The first-order chi connectivity index (χ1) is 8.13. The first kappa shape index (κ1) is 13.7. The van der Waals surface area contributed by atoms with E-state index in [0.29, 0.717) is 6.54 Å². The third kappa shape index (κ3) is 3.29. The van der Waals surface area contributed by atoms with Gasteiger partial charge in [0.1, 0.15) is 0 Å². The summed E-state index contributed by atoms with van der Waals surface area (Å²) in [6, 6.07) is 4.13. The van der Waals surface area contributed by atoms with Crippen LogP contribution >= 0.6 is 15.9 Å². The Hall–Kier alpha value is -1.37. The van der Waals surface area contributed by atoms with E-state index in [9.17, 15) is 0 Å². The van der Waals surface area contributed by atoms with Crippen molar-refractivity contribution < 1.29 is 0 Å². The monoisotopic (exact) mass is 295 g/mol. The third-order valence-corrected chi connectivity index (χ3v) is 3.45. The summed E-state index contributed by atoms with van der Waals surface area (Å²) in [4.78, 5) is 1.79. The molecule has 1 heterocycles. The maximum atomic E-state index is 8.71. The molecule has 90 valence electrons. The molecule has 6 heteroatoms. The van der Waals surface area contributed by atoms with E-state index in [1.807, 2.05) is 18.5 Å². The molecular weight excluding hydrogens is 282 g/mol. The molecule has 1 aromatic heterocycles. The number of halogens is 1. The van der Waals surface area contributed by atoms with Gasteiger partial charge in [0.25, 0.3) is 0 Å². The van der Waals surface area contributed by atoms with Crippen molar-refractivity contribution in [1.29, 1.82) is 10.5 Å². The van der Waals surface area contributed by atoms with Crippen LogP contribution in [0.15, 0.2) is 4.47 Å². The molecule has 1 aromatic rings. The fourth-order valence-electron chi connectivity index (χ4n) is 1.60. The highest BCUT2D eigenvalue weighted by Gasteiger charge is 2.15. The lowest BCUT2D eigenvalue weighted by atomic mass is 10.3. The van der Waals surface area contributed by atoms with Crippen molar-refractivity contribution in [2.75, 3.05) is 13.1 Å². The van der Waals surface area contributed by atoms with E-state index in [2.05, 4.69) is 33.2 Å². The first-order valence-corrected chi connectivity index (χ1v) is 6.11. The molecule has 0 aliphatic carbocycles. The maximum absolute atomic E-state index is 8.71. The van der Waals surface area contributed by atoms with Crippen molar-refractivity contribution in [3.63, 3.8) is 0 Å². The Bertz CT molecular complexity index is 449. The summed E-state index contributed by atoms with van der Waals surface area (Å²) < 4.78 is 2.85. The van der Waals surface area contributed by atoms with Crippen molar-refractivity contribution in [2.24, 2.45) is 0 Å². The van der Waals surface area contributed by atoms with Crippen molar-refractivity contribution in [1.82, 2.24) is 14.7 Å². The van der Waals surface area contributed by atoms with Crippen molar-refractivity contribution in [3.05, 3.63) is 15.9 Å². The SMILES string of the molecule is CCn1nc(C)c(Br)c1CN(CC#N)CC#N. The second kappa shape index (κ2) is 6.39. The smallest absolute Gasteiger partial charge is 0.0877 e. The van der Waals surface area contributed by atoms with E-state index in [-0.39, 0.29) is 13.1 Å². The largest absolute Gasteiger partial charge is 0.271 e. The second-order valence-electron chi connectivity index (χ2n) is 3.62. The van der Waals surface area contributed by atoms with Crippen molar-refractivity contribution in [2.45, 2.75) is 26.9 Å². The number of nitriles is 2. The molecule has 0 atom stereocenters. The molecule has 0 radical (unpaired) electrons. The molecule has 0 bridgehead atoms. The highest BCUT2D eigenvalue weighted by atomic mass is 79.9. The summed E-state index contributed by atoms with van der Waals surface area (Å²) in [6.45, 7) is 5.76. The number of nitrogens with zero attached hydrogens (tertiary/aromatic N) is 5. The number of aryl methyl sites for hydroxylation is 2. The van der Waals surface area contributed by atoms with Crippen LogP contribution in [0.5, 0.6) is 0 Å². The Kier molecular flexibility index (Phi) is 5.14. The number of hydrogen-bond donors (Lipinski definition) is 0. The zero-order valence-corrected chi connectivity index (χ0v) is 11.5. The van der Waals surface area contributed by atoms with E-state index in [1.165, 1.54) is 0 Å². The minimum Gasteiger partial charge on any atom is -0.271 e. The van der Waals surface area contributed by atoms with Crippen LogP contribution < -0.4 is 0 Å². The Labute approximate surface area is 109 Å². The molecule has 0 saturated carbocycles. The van der Waals surface area contributed by atoms with Crippen molar-refractivity contribution >= 4 is 15.9 Å². The fraction of sp³-hybridized carbons (Fsp3) is 0.545. The molecular formula is C11H14BrN5. The summed E-state index contributed by atoms with van der Waals surface area (Å²) in [5.41, 5.74) is 1.94. The van der Waals surface area contributed by atoms with E-state index in [1.54, 1.807) is 4.90 Å². The van der Waals surface area contributed by atoms with Gasteiger partial charge in [0.15, 0.2) is 0 Å². The minimum absolute atomic E-state index is 0.244. The Morgan fingerprint density at radius 1 is 1.35 bits per heavy atom. The Morgan fingerprint density at radius 3 is 2.41 bits per heavy atom. The second-order valence-corrected chi connectivity index (χ2v) is 4.42. The van der Waals surface area contributed by atoms with E-state index < -0.39 is 0 Å². The molecule has 1 rings (SSSR count). The van der Waals surface area contributed by atoms with Crippen LogP contribution in [0.4, 0.5) is 0 Å². The van der Waals surface area contributed by atoms with Crippen LogP contribution in [-0.4, -0.2) is 27.8 Å². The molecule has 0 amide bonds. The van der Waals surface area contributed by atoms with Gasteiger partial charge in [-0.25, -0.2) is 0 Å². The van der Waals surface area contributed by atoms with Gasteiger partial charge in [0.2, 0.25) is 0 Å². The fourth-order valence-corrected chi connectivity index (χ4v) is 2.01. The molecule has 0 aliphatic rings. The van der Waals surface area contributed by atoms with E-state index in [4.69, 9.17) is 10.5 Å². The third-order valence-electron chi connectivity index (χ3n) is 2.41. The molecule has 0 aromatic carbocycles. The van der Waals surface area contributed by atoms with Crippen LogP contribution in [0.3, 0.4) is 0 Å². The summed E-state index contributed by atoms with van der Waals surface area (Å²) in [5, 5.41) is 21.8. The molecule has 0 N–H and O–H groups in total. The average Bonchev–Trinajstić information content (AvgIpc) is 2.57. The van der Waals surface area contributed by atoms with Gasteiger partial charge in [-0.3, -0.25) is 9.58 Å². The number of rotatable bonds is 5.